The molecule has 2 aromatic rings. The summed E-state index contributed by atoms with van der Waals surface area (Å²) in [5, 5.41) is 18.8. The Labute approximate surface area is 135 Å². The summed E-state index contributed by atoms with van der Waals surface area (Å²) in [4.78, 5) is 4.67. The van der Waals surface area contributed by atoms with E-state index in [2.05, 4.69) is 30.0 Å². The molecular formula is C17H20N2O2S. The second kappa shape index (κ2) is 7.95. The number of thiophene rings is 1. The summed E-state index contributed by atoms with van der Waals surface area (Å²) >= 11 is 1.78. The van der Waals surface area contributed by atoms with E-state index in [0.29, 0.717) is 17.9 Å². The lowest BCUT2D eigenvalue weighted by atomic mass is 10.2. The lowest BCUT2D eigenvalue weighted by Gasteiger charge is -2.20. The Bertz CT molecular complexity index is 631. The molecule has 1 aromatic carbocycles. The number of aryl methyl sites for hydroxylation is 1. The number of hydrogen-bond donors (Lipinski definition) is 1. The topological polar surface area (TPSA) is 56.5 Å². The van der Waals surface area contributed by atoms with E-state index in [0.717, 1.165) is 6.54 Å². The van der Waals surface area contributed by atoms with E-state index < -0.39 is 6.10 Å². The van der Waals surface area contributed by atoms with Gasteiger partial charge in [-0.15, -0.1) is 11.3 Å². The fraction of sp³-hybridized carbons (Fsp3) is 0.353. The summed E-state index contributed by atoms with van der Waals surface area (Å²) in [5.41, 5.74) is 0.596. The fourth-order valence-corrected chi connectivity index (χ4v) is 3.10. The van der Waals surface area contributed by atoms with E-state index in [1.54, 1.807) is 35.6 Å². The molecule has 0 fully saturated rings. The number of likely N-dealkylation sites (N-methyl/N-ethyl adjacent to an activating group) is 1. The first-order valence-electron chi connectivity index (χ1n) is 7.11. The van der Waals surface area contributed by atoms with Crippen LogP contribution in [0.5, 0.6) is 5.75 Å². The van der Waals surface area contributed by atoms with Crippen LogP contribution in [0, 0.1) is 18.3 Å². The lowest BCUT2D eigenvalue weighted by Crippen LogP contribution is -2.32. The van der Waals surface area contributed by atoms with E-state index in [9.17, 15) is 5.11 Å². The number of hydrogen-bond acceptors (Lipinski definition) is 5. The van der Waals surface area contributed by atoms with Crippen LogP contribution in [0.3, 0.4) is 0 Å². The monoisotopic (exact) mass is 316 g/mol. The molecule has 0 saturated heterocycles. The van der Waals surface area contributed by atoms with Crippen LogP contribution < -0.4 is 4.74 Å². The lowest BCUT2D eigenvalue weighted by molar-refractivity contribution is 0.0746. The van der Waals surface area contributed by atoms with Gasteiger partial charge in [0, 0.05) is 22.8 Å². The van der Waals surface area contributed by atoms with Gasteiger partial charge in [-0.05, 0) is 50.4 Å². The molecule has 116 valence electrons. The van der Waals surface area contributed by atoms with Crippen LogP contribution in [-0.2, 0) is 6.54 Å². The van der Waals surface area contributed by atoms with Crippen molar-refractivity contribution >= 4 is 11.3 Å². The van der Waals surface area contributed by atoms with E-state index in [1.807, 2.05) is 7.05 Å². The van der Waals surface area contributed by atoms with Gasteiger partial charge in [0.05, 0.1) is 11.6 Å². The second-order valence-electron chi connectivity index (χ2n) is 5.31. The first-order valence-corrected chi connectivity index (χ1v) is 7.93. The Morgan fingerprint density at radius 2 is 2.00 bits per heavy atom. The van der Waals surface area contributed by atoms with Crippen molar-refractivity contribution < 1.29 is 9.84 Å². The molecule has 5 heteroatoms. The molecule has 1 heterocycles. The van der Waals surface area contributed by atoms with Crippen LogP contribution in [0.25, 0.3) is 0 Å². The molecule has 0 amide bonds. The number of aliphatic hydroxyl groups is 1. The summed E-state index contributed by atoms with van der Waals surface area (Å²) < 4.78 is 5.54. The van der Waals surface area contributed by atoms with Crippen molar-refractivity contribution in [1.82, 2.24) is 4.90 Å². The molecule has 0 bridgehead atoms. The first kappa shape index (κ1) is 16.5. The van der Waals surface area contributed by atoms with Gasteiger partial charge in [0.15, 0.2) is 0 Å². The van der Waals surface area contributed by atoms with Gasteiger partial charge in [-0.3, -0.25) is 4.90 Å². The van der Waals surface area contributed by atoms with Gasteiger partial charge in [0.25, 0.3) is 0 Å². The molecule has 22 heavy (non-hydrogen) atoms. The number of rotatable bonds is 7. The van der Waals surface area contributed by atoms with Crippen molar-refractivity contribution in [2.24, 2.45) is 0 Å². The van der Waals surface area contributed by atoms with Crippen LogP contribution >= 0.6 is 11.3 Å². The predicted octanol–water partition coefficient (Wildman–Crippen LogP) is 2.80. The highest BCUT2D eigenvalue weighted by atomic mass is 32.1. The molecule has 0 saturated carbocycles. The molecule has 4 nitrogen and oxygen atoms in total. The minimum absolute atomic E-state index is 0.236. The SMILES string of the molecule is Cc1ccc(CN(C)CC(O)COc2ccc(C#N)cc2)s1. The zero-order chi connectivity index (χ0) is 15.9. The molecule has 0 spiro atoms. The normalized spacial score (nSPS) is 12.1. The van der Waals surface area contributed by atoms with E-state index in [4.69, 9.17) is 10.00 Å². The summed E-state index contributed by atoms with van der Waals surface area (Å²) in [6.45, 7) is 3.70. The highest BCUT2D eigenvalue weighted by Crippen LogP contribution is 2.17. The van der Waals surface area contributed by atoms with Crippen LogP contribution in [0.4, 0.5) is 0 Å². The molecule has 1 N–H and O–H groups in total. The minimum Gasteiger partial charge on any atom is -0.491 e. The average Bonchev–Trinajstić information content (AvgIpc) is 2.90. The Kier molecular flexibility index (Phi) is 5.96. The first-order chi connectivity index (χ1) is 10.6. The van der Waals surface area contributed by atoms with Gasteiger partial charge in [-0.2, -0.15) is 5.26 Å². The molecule has 0 aliphatic carbocycles. The third-order valence-electron chi connectivity index (χ3n) is 3.17. The van der Waals surface area contributed by atoms with Crippen molar-refractivity contribution in [1.29, 1.82) is 5.26 Å². The third kappa shape index (κ3) is 5.15. The van der Waals surface area contributed by atoms with Crippen molar-refractivity contribution in [2.45, 2.75) is 19.6 Å². The van der Waals surface area contributed by atoms with Gasteiger partial charge >= 0.3 is 0 Å². The number of aliphatic hydroxyl groups excluding tert-OH is 1. The maximum Gasteiger partial charge on any atom is 0.119 e. The maximum absolute atomic E-state index is 10.0. The van der Waals surface area contributed by atoms with E-state index >= 15 is 0 Å². The average molecular weight is 316 g/mol. The standard InChI is InChI=1S/C17H20N2O2S/c1-13-3-8-17(22-13)11-19(2)10-15(20)12-21-16-6-4-14(9-18)5-7-16/h3-8,15,20H,10-12H2,1-2H3. The van der Waals surface area contributed by atoms with Crippen LogP contribution in [0.2, 0.25) is 0 Å². The van der Waals surface area contributed by atoms with Crippen LogP contribution in [-0.4, -0.2) is 36.3 Å². The molecule has 0 radical (unpaired) electrons. The predicted molar refractivity (Wildman–Crippen MR) is 88.0 cm³/mol. The molecule has 0 aliphatic heterocycles. The van der Waals surface area contributed by atoms with Crippen molar-refractivity contribution in [2.75, 3.05) is 20.2 Å². The van der Waals surface area contributed by atoms with Crippen molar-refractivity contribution in [3.63, 3.8) is 0 Å². The highest BCUT2D eigenvalue weighted by molar-refractivity contribution is 7.11. The van der Waals surface area contributed by atoms with Crippen molar-refractivity contribution in [3.8, 4) is 11.8 Å². The zero-order valence-electron chi connectivity index (χ0n) is 12.8. The summed E-state index contributed by atoms with van der Waals surface area (Å²) in [6, 6.07) is 13.2. The molecule has 0 aliphatic rings. The molecular weight excluding hydrogens is 296 g/mol. The van der Waals surface area contributed by atoms with E-state index in [-0.39, 0.29) is 6.61 Å². The number of benzene rings is 1. The summed E-state index contributed by atoms with van der Waals surface area (Å²) in [6.07, 6.45) is -0.554. The number of ether oxygens (including phenoxy) is 1. The maximum atomic E-state index is 10.0. The smallest absolute Gasteiger partial charge is 0.119 e. The van der Waals surface area contributed by atoms with Crippen molar-refractivity contribution in [3.05, 3.63) is 51.7 Å². The summed E-state index contributed by atoms with van der Waals surface area (Å²) in [7, 11) is 1.99. The molecule has 1 atom stereocenters. The zero-order valence-corrected chi connectivity index (χ0v) is 13.6. The third-order valence-corrected chi connectivity index (χ3v) is 4.16. The van der Waals surface area contributed by atoms with Gasteiger partial charge < -0.3 is 9.84 Å². The Morgan fingerprint density at radius 3 is 2.59 bits per heavy atom. The summed E-state index contributed by atoms with van der Waals surface area (Å²) in [5.74, 6) is 0.662. The number of nitriles is 1. The van der Waals surface area contributed by atoms with Gasteiger partial charge in [-0.1, -0.05) is 0 Å². The van der Waals surface area contributed by atoms with E-state index in [1.165, 1.54) is 9.75 Å². The van der Waals surface area contributed by atoms with Gasteiger partial charge in [0.2, 0.25) is 0 Å². The minimum atomic E-state index is -0.554. The van der Waals surface area contributed by atoms with Crippen LogP contribution in [0.15, 0.2) is 36.4 Å². The number of nitrogens with zero attached hydrogens (tertiary/aromatic N) is 2. The fourth-order valence-electron chi connectivity index (χ4n) is 2.13. The Morgan fingerprint density at radius 1 is 1.27 bits per heavy atom. The largest absolute Gasteiger partial charge is 0.491 e. The van der Waals surface area contributed by atoms with Gasteiger partial charge in [-0.25, -0.2) is 0 Å². The highest BCUT2D eigenvalue weighted by Gasteiger charge is 2.10. The van der Waals surface area contributed by atoms with Gasteiger partial charge in [0.1, 0.15) is 18.5 Å². The quantitative estimate of drug-likeness (QED) is 0.853. The second-order valence-corrected chi connectivity index (χ2v) is 6.68. The Balaban J connectivity index is 1.74. The molecule has 1 aromatic heterocycles. The molecule has 1 unspecified atom stereocenters. The van der Waals surface area contributed by atoms with Crippen LogP contribution in [0.1, 0.15) is 15.3 Å². The molecule has 2 rings (SSSR count). The Hall–Kier alpha value is -1.87.